The van der Waals surface area contributed by atoms with Gasteiger partial charge in [-0.1, -0.05) is 6.07 Å². The number of benzene rings is 1. The van der Waals surface area contributed by atoms with Crippen LogP contribution in [-0.4, -0.2) is 47.7 Å². The van der Waals surface area contributed by atoms with Crippen molar-refractivity contribution >= 4 is 17.5 Å². The van der Waals surface area contributed by atoms with Gasteiger partial charge < -0.3 is 15.3 Å². The van der Waals surface area contributed by atoms with Crippen molar-refractivity contribution < 1.29 is 27.9 Å². The van der Waals surface area contributed by atoms with Gasteiger partial charge in [0.15, 0.2) is 6.10 Å². The van der Waals surface area contributed by atoms with Crippen LogP contribution in [0.1, 0.15) is 23.2 Å². The minimum absolute atomic E-state index is 0.000959. The SMILES string of the molecule is CN(CC(O)C(F)(F)F)C(=O)c1cccc(NC(=O)C2CC2)c1. The molecular formula is C15H17F3N2O3. The van der Waals surface area contributed by atoms with Crippen LogP contribution >= 0.6 is 0 Å². The van der Waals surface area contributed by atoms with Crippen LogP contribution in [0, 0.1) is 5.92 Å². The lowest BCUT2D eigenvalue weighted by Gasteiger charge is -2.22. The van der Waals surface area contributed by atoms with Gasteiger partial charge >= 0.3 is 6.18 Å². The standard InChI is InChI=1S/C15H17F3N2O3/c1-20(8-12(21)15(16,17)18)14(23)10-3-2-4-11(7-10)19-13(22)9-5-6-9/h2-4,7,9,12,21H,5-6,8H2,1H3,(H,19,22). The molecule has 0 radical (unpaired) electrons. The van der Waals surface area contributed by atoms with Crippen molar-refractivity contribution in [2.75, 3.05) is 18.9 Å². The van der Waals surface area contributed by atoms with E-state index < -0.39 is 24.7 Å². The van der Waals surface area contributed by atoms with Gasteiger partial charge in [0.25, 0.3) is 5.91 Å². The number of aliphatic hydroxyl groups is 1. The molecule has 1 aromatic carbocycles. The van der Waals surface area contributed by atoms with Gasteiger partial charge in [-0.15, -0.1) is 0 Å². The summed E-state index contributed by atoms with van der Waals surface area (Å²) in [6, 6.07) is 5.97. The van der Waals surface area contributed by atoms with Crippen molar-refractivity contribution in [3.63, 3.8) is 0 Å². The molecule has 0 bridgehead atoms. The highest BCUT2D eigenvalue weighted by Crippen LogP contribution is 2.30. The van der Waals surface area contributed by atoms with Gasteiger partial charge in [-0.25, -0.2) is 0 Å². The Hall–Kier alpha value is -2.09. The summed E-state index contributed by atoms with van der Waals surface area (Å²) >= 11 is 0. The molecule has 0 saturated heterocycles. The van der Waals surface area contributed by atoms with Crippen LogP contribution in [0.2, 0.25) is 0 Å². The van der Waals surface area contributed by atoms with Gasteiger partial charge in [0.1, 0.15) is 0 Å². The van der Waals surface area contributed by atoms with E-state index in [4.69, 9.17) is 5.11 Å². The molecular weight excluding hydrogens is 313 g/mol. The van der Waals surface area contributed by atoms with E-state index in [1.54, 1.807) is 6.07 Å². The number of alkyl halides is 3. The van der Waals surface area contributed by atoms with Crippen molar-refractivity contribution in [3.8, 4) is 0 Å². The monoisotopic (exact) mass is 330 g/mol. The number of likely N-dealkylation sites (N-methyl/N-ethyl adjacent to an activating group) is 1. The zero-order valence-corrected chi connectivity index (χ0v) is 12.4. The number of hydrogen-bond donors (Lipinski definition) is 2. The molecule has 2 amide bonds. The summed E-state index contributed by atoms with van der Waals surface area (Å²) in [7, 11) is 1.17. The number of halogens is 3. The van der Waals surface area contributed by atoms with Gasteiger partial charge in [0.05, 0.1) is 6.54 Å². The predicted octanol–water partition coefficient (Wildman–Crippen LogP) is 2.03. The van der Waals surface area contributed by atoms with E-state index in [1.165, 1.54) is 25.2 Å². The molecule has 1 aliphatic rings. The number of carbonyl (C=O) groups excluding carboxylic acids is 2. The van der Waals surface area contributed by atoms with Crippen molar-refractivity contribution in [1.29, 1.82) is 0 Å². The highest BCUT2D eigenvalue weighted by atomic mass is 19.4. The van der Waals surface area contributed by atoms with Crippen LogP contribution in [0.15, 0.2) is 24.3 Å². The summed E-state index contributed by atoms with van der Waals surface area (Å²) in [5.41, 5.74) is 0.549. The topological polar surface area (TPSA) is 69.6 Å². The number of aliphatic hydroxyl groups excluding tert-OH is 1. The Morgan fingerprint density at radius 1 is 1.39 bits per heavy atom. The average Bonchev–Trinajstić information content (AvgIpc) is 3.30. The third-order valence-electron chi connectivity index (χ3n) is 3.50. The maximum atomic E-state index is 12.3. The maximum absolute atomic E-state index is 12.3. The van der Waals surface area contributed by atoms with Crippen LogP contribution in [0.5, 0.6) is 0 Å². The molecule has 5 nitrogen and oxygen atoms in total. The van der Waals surface area contributed by atoms with Crippen LogP contribution in [0.4, 0.5) is 18.9 Å². The zero-order chi connectivity index (χ0) is 17.2. The van der Waals surface area contributed by atoms with E-state index in [0.717, 1.165) is 17.7 Å². The number of nitrogens with one attached hydrogen (secondary N) is 1. The Morgan fingerprint density at radius 2 is 2.04 bits per heavy atom. The first-order valence-electron chi connectivity index (χ1n) is 7.09. The number of carbonyl (C=O) groups is 2. The summed E-state index contributed by atoms with van der Waals surface area (Å²) in [4.78, 5) is 24.6. The predicted molar refractivity (Wildman–Crippen MR) is 76.8 cm³/mol. The summed E-state index contributed by atoms with van der Waals surface area (Å²) in [5.74, 6) is -0.801. The first-order valence-corrected chi connectivity index (χ1v) is 7.09. The number of amides is 2. The molecule has 1 unspecified atom stereocenters. The van der Waals surface area contributed by atoms with Gasteiger partial charge in [-0.2, -0.15) is 13.2 Å². The fourth-order valence-electron chi connectivity index (χ4n) is 1.99. The van der Waals surface area contributed by atoms with Gasteiger partial charge in [-0.05, 0) is 31.0 Å². The zero-order valence-electron chi connectivity index (χ0n) is 12.4. The molecule has 126 valence electrons. The second-order valence-corrected chi connectivity index (χ2v) is 5.59. The second-order valence-electron chi connectivity index (χ2n) is 5.59. The smallest absolute Gasteiger partial charge is 0.382 e. The van der Waals surface area contributed by atoms with Crippen LogP contribution in [0.25, 0.3) is 0 Å². The largest absolute Gasteiger partial charge is 0.416 e. The Morgan fingerprint density at radius 3 is 2.61 bits per heavy atom. The van der Waals surface area contributed by atoms with Crippen molar-refractivity contribution in [2.24, 2.45) is 5.92 Å². The lowest BCUT2D eigenvalue weighted by Crippen LogP contribution is -2.41. The fraction of sp³-hybridized carbons (Fsp3) is 0.467. The Labute approximate surface area is 131 Å². The summed E-state index contributed by atoms with van der Waals surface area (Å²) < 4.78 is 37.0. The molecule has 23 heavy (non-hydrogen) atoms. The molecule has 0 spiro atoms. The molecule has 1 atom stereocenters. The normalized spacial score (nSPS) is 15.9. The average molecular weight is 330 g/mol. The minimum Gasteiger partial charge on any atom is -0.382 e. The number of anilines is 1. The van der Waals surface area contributed by atoms with Crippen molar-refractivity contribution in [2.45, 2.75) is 25.1 Å². The Bertz CT molecular complexity index is 600. The highest BCUT2D eigenvalue weighted by Gasteiger charge is 2.39. The Balaban J connectivity index is 2.02. The second kappa shape index (κ2) is 6.57. The molecule has 0 aromatic heterocycles. The molecule has 0 heterocycles. The maximum Gasteiger partial charge on any atom is 0.416 e. The number of nitrogens with zero attached hydrogens (tertiary/aromatic N) is 1. The molecule has 1 fully saturated rings. The highest BCUT2D eigenvalue weighted by molar-refractivity contribution is 5.98. The fourth-order valence-corrected chi connectivity index (χ4v) is 1.99. The first-order chi connectivity index (χ1) is 10.7. The molecule has 2 N–H and O–H groups in total. The molecule has 1 aromatic rings. The van der Waals surface area contributed by atoms with Gasteiger partial charge in [0.2, 0.25) is 5.91 Å². The molecule has 2 rings (SSSR count). The lowest BCUT2D eigenvalue weighted by molar-refractivity contribution is -0.205. The minimum atomic E-state index is -4.78. The quantitative estimate of drug-likeness (QED) is 0.868. The van der Waals surface area contributed by atoms with E-state index in [1.807, 2.05) is 0 Å². The lowest BCUT2D eigenvalue weighted by atomic mass is 10.1. The van der Waals surface area contributed by atoms with E-state index in [-0.39, 0.29) is 17.4 Å². The van der Waals surface area contributed by atoms with Crippen molar-refractivity contribution in [1.82, 2.24) is 4.90 Å². The molecule has 1 aliphatic carbocycles. The van der Waals surface area contributed by atoms with Crippen LogP contribution < -0.4 is 5.32 Å². The number of hydrogen-bond acceptors (Lipinski definition) is 3. The van der Waals surface area contributed by atoms with E-state index >= 15 is 0 Å². The van der Waals surface area contributed by atoms with Gasteiger partial charge in [0, 0.05) is 24.2 Å². The van der Waals surface area contributed by atoms with E-state index in [2.05, 4.69) is 5.32 Å². The first kappa shape index (κ1) is 17.3. The molecule has 0 aliphatic heterocycles. The Kier molecular flexibility index (Phi) is 4.93. The summed E-state index contributed by atoms with van der Waals surface area (Å²) in [5, 5.41) is 11.7. The van der Waals surface area contributed by atoms with Crippen LogP contribution in [-0.2, 0) is 4.79 Å². The van der Waals surface area contributed by atoms with E-state index in [0.29, 0.717) is 5.69 Å². The molecule has 1 saturated carbocycles. The third kappa shape index (κ3) is 4.69. The van der Waals surface area contributed by atoms with E-state index in [9.17, 15) is 22.8 Å². The molecule has 8 heteroatoms. The van der Waals surface area contributed by atoms with Crippen molar-refractivity contribution in [3.05, 3.63) is 29.8 Å². The number of rotatable bonds is 5. The van der Waals surface area contributed by atoms with Crippen LogP contribution in [0.3, 0.4) is 0 Å². The summed E-state index contributed by atoms with van der Waals surface area (Å²) in [6.07, 6.45) is -5.71. The van der Waals surface area contributed by atoms with Gasteiger partial charge in [-0.3, -0.25) is 9.59 Å². The summed E-state index contributed by atoms with van der Waals surface area (Å²) in [6.45, 7) is -0.860. The third-order valence-corrected chi connectivity index (χ3v) is 3.50.